The molecular weight excluding hydrogens is 209 g/mol. The largest absolute Gasteiger partial charge is 0.494 e. The van der Waals surface area contributed by atoms with Crippen LogP contribution in [0.4, 0.5) is 10.2 Å². The third kappa shape index (κ3) is 1.71. The highest BCUT2D eigenvalue weighted by Gasteiger charge is 2.07. The Kier molecular flexibility index (Phi) is 2.52. The Hall–Kier alpha value is -2.04. The van der Waals surface area contributed by atoms with Crippen molar-refractivity contribution in [1.82, 2.24) is 9.78 Å². The number of hydrogen-bond acceptors (Lipinski definition) is 3. The van der Waals surface area contributed by atoms with E-state index in [1.165, 1.54) is 17.9 Å². The number of ether oxygens (including phenoxy) is 1. The molecule has 0 saturated heterocycles. The lowest BCUT2D eigenvalue weighted by molar-refractivity contribution is 0.386. The second kappa shape index (κ2) is 3.84. The number of halogens is 1. The lowest BCUT2D eigenvalue weighted by atomic mass is 10.3. The van der Waals surface area contributed by atoms with Crippen LogP contribution >= 0.6 is 0 Å². The SMILES string of the molecule is COc1ccc(-n2cc(C)c(N)n2)cc1F. The Labute approximate surface area is 92.4 Å². The maximum atomic E-state index is 13.4. The van der Waals surface area contributed by atoms with Crippen molar-refractivity contribution in [1.29, 1.82) is 0 Å². The number of rotatable bonds is 2. The van der Waals surface area contributed by atoms with Crippen LogP contribution in [0.2, 0.25) is 0 Å². The van der Waals surface area contributed by atoms with Gasteiger partial charge in [0.2, 0.25) is 0 Å². The van der Waals surface area contributed by atoms with Gasteiger partial charge in [-0.15, -0.1) is 0 Å². The fourth-order valence-corrected chi connectivity index (χ4v) is 1.40. The van der Waals surface area contributed by atoms with Crippen LogP contribution in [0.3, 0.4) is 0 Å². The lowest BCUT2D eigenvalue weighted by Gasteiger charge is -2.04. The molecule has 2 N–H and O–H groups in total. The highest BCUT2D eigenvalue weighted by Crippen LogP contribution is 2.20. The summed E-state index contributed by atoms with van der Waals surface area (Å²) in [5.74, 6) is 0.226. The molecule has 0 fully saturated rings. The lowest BCUT2D eigenvalue weighted by Crippen LogP contribution is -1.98. The first-order chi connectivity index (χ1) is 7.61. The summed E-state index contributed by atoms with van der Waals surface area (Å²) in [6.45, 7) is 1.85. The molecule has 0 unspecified atom stereocenters. The van der Waals surface area contributed by atoms with Crippen LogP contribution in [0.15, 0.2) is 24.4 Å². The van der Waals surface area contributed by atoms with Gasteiger partial charge < -0.3 is 10.5 Å². The quantitative estimate of drug-likeness (QED) is 0.842. The van der Waals surface area contributed by atoms with Gasteiger partial charge >= 0.3 is 0 Å². The van der Waals surface area contributed by atoms with Gasteiger partial charge in [-0.1, -0.05) is 0 Å². The smallest absolute Gasteiger partial charge is 0.167 e. The Balaban J connectivity index is 2.45. The Morgan fingerprint density at radius 3 is 2.69 bits per heavy atom. The maximum Gasteiger partial charge on any atom is 0.167 e. The molecule has 2 rings (SSSR count). The molecule has 0 bridgehead atoms. The second-order valence-electron chi connectivity index (χ2n) is 3.46. The minimum atomic E-state index is -0.424. The molecule has 5 heteroatoms. The third-order valence-electron chi connectivity index (χ3n) is 2.34. The summed E-state index contributed by atoms with van der Waals surface area (Å²) in [5, 5.41) is 4.06. The summed E-state index contributed by atoms with van der Waals surface area (Å²) in [7, 11) is 1.42. The number of benzene rings is 1. The van der Waals surface area contributed by atoms with E-state index in [0.717, 1.165) is 5.56 Å². The number of aryl methyl sites for hydroxylation is 1. The molecule has 16 heavy (non-hydrogen) atoms. The summed E-state index contributed by atoms with van der Waals surface area (Å²) >= 11 is 0. The van der Waals surface area contributed by atoms with Gasteiger partial charge in [0, 0.05) is 17.8 Å². The molecule has 1 aromatic carbocycles. The molecule has 0 atom stereocenters. The summed E-state index contributed by atoms with van der Waals surface area (Å²) in [6, 6.07) is 4.62. The predicted octanol–water partition coefficient (Wildman–Crippen LogP) is 1.91. The number of nitrogen functional groups attached to an aromatic ring is 1. The fourth-order valence-electron chi connectivity index (χ4n) is 1.40. The van der Waals surface area contributed by atoms with Gasteiger partial charge in [-0.05, 0) is 19.1 Å². The molecule has 0 radical (unpaired) electrons. The first kappa shape index (κ1) is 10.5. The van der Waals surface area contributed by atoms with Gasteiger partial charge in [-0.25, -0.2) is 9.07 Å². The number of nitrogens with zero attached hydrogens (tertiary/aromatic N) is 2. The zero-order valence-electron chi connectivity index (χ0n) is 9.07. The molecule has 0 spiro atoms. The minimum Gasteiger partial charge on any atom is -0.494 e. The van der Waals surface area contributed by atoms with Crippen LogP contribution in [-0.4, -0.2) is 16.9 Å². The summed E-state index contributed by atoms with van der Waals surface area (Å²) < 4.78 is 19.8. The Bertz CT molecular complexity index is 502. The first-order valence-corrected chi connectivity index (χ1v) is 4.77. The zero-order chi connectivity index (χ0) is 11.7. The molecule has 0 aliphatic heterocycles. The number of nitrogens with two attached hydrogens (primary N) is 1. The first-order valence-electron chi connectivity index (χ1n) is 4.77. The molecule has 2 aromatic rings. The van der Waals surface area contributed by atoms with Crippen LogP contribution in [0.25, 0.3) is 5.69 Å². The van der Waals surface area contributed by atoms with Crippen LogP contribution in [-0.2, 0) is 0 Å². The molecule has 0 saturated carbocycles. The van der Waals surface area contributed by atoms with Crippen LogP contribution < -0.4 is 10.5 Å². The van der Waals surface area contributed by atoms with E-state index in [9.17, 15) is 4.39 Å². The van der Waals surface area contributed by atoms with Gasteiger partial charge in [0.1, 0.15) is 5.82 Å². The molecule has 4 nitrogen and oxygen atoms in total. The molecule has 1 aromatic heterocycles. The van der Waals surface area contributed by atoms with E-state index < -0.39 is 5.82 Å². The number of anilines is 1. The average molecular weight is 221 g/mol. The monoisotopic (exact) mass is 221 g/mol. The van der Waals surface area contributed by atoms with Gasteiger partial charge in [0.05, 0.1) is 12.8 Å². The van der Waals surface area contributed by atoms with Crippen molar-refractivity contribution in [2.75, 3.05) is 12.8 Å². The molecule has 0 aliphatic rings. The van der Waals surface area contributed by atoms with Gasteiger partial charge in [0.25, 0.3) is 0 Å². The van der Waals surface area contributed by atoms with Crippen molar-refractivity contribution in [2.24, 2.45) is 0 Å². The van der Waals surface area contributed by atoms with Gasteiger partial charge in [-0.2, -0.15) is 5.10 Å². The third-order valence-corrected chi connectivity index (χ3v) is 2.34. The van der Waals surface area contributed by atoms with Crippen LogP contribution in [0.5, 0.6) is 5.75 Å². The van der Waals surface area contributed by atoms with Crippen LogP contribution in [0, 0.1) is 12.7 Å². The molecular formula is C11H12FN3O. The van der Waals surface area contributed by atoms with Crippen molar-refractivity contribution in [3.05, 3.63) is 35.8 Å². The second-order valence-corrected chi connectivity index (χ2v) is 3.46. The highest BCUT2D eigenvalue weighted by molar-refractivity contribution is 5.43. The highest BCUT2D eigenvalue weighted by atomic mass is 19.1. The van der Waals surface area contributed by atoms with E-state index in [1.807, 2.05) is 6.92 Å². The maximum absolute atomic E-state index is 13.4. The van der Waals surface area contributed by atoms with Crippen molar-refractivity contribution >= 4 is 5.82 Å². The summed E-state index contributed by atoms with van der Waals surface area (Å²) in [6.07, 6.45) is 1.75. The van der Waals surface area contributed by atoms with Gasteiger partial charge in [-0.3, -0.25) is 0 Å². The van der Waals surface area contributed by atoms with Crippen LogP contribution in [0.1, 0.15) is 5.56 Å². The predicted molar refractivity (Wildman–Crippen MR) is 59.2 cm³/mol. The van der Waals surface area contributed by atoms with Crippen molar-refractivity contribution in [3.63, 3.8) is 0 Å². The van der Waals surface area contributed by atoms with Gasteiger partial charge in [0.15, 0.2) is 11.6 Å². The number of hydrogen-bond donors (Lipinski definition) is 1. The molecule has 1 heterocycles. The topological polar surface area (TPSA) is 53.1 Å². The Morgan fingerprint density at radius 1 is 1.44 bits per heavy atom. The summed E-state index contributed by atoms with van der Waals surface area (Å²) in [4.78, 5) is 0. The minimum absolute atomic E-state index is 0.209. The average Bonchev–Trinajstić information content (AvgIpc) is 2.59. The number of methoxy groups -OCH3 is 1. The Morgan fingerprint density at radius 2 is 2.19 bits per heavy atom. The molecule has 0 aliphatic carbocycles. The van der Waals surface area contributed by atoms with E-state index >= 15 is 0 Å². The summed E-state index contributed by atoms with van der Waals surface area (Å²) in [5.41, 5.74) is 7.09. The van der Waals surface area contributed by atoms with E-state index in [-0.39, 0.29) is 5.75 Å². The molecule has 0 amide bonds. The van der Waals surface area contributed by atoms with E-state index in [0.29, 0.717) is 11.5 Å². The number of aromatic nitrogens is 2. The van der Waals surface area contributed by atoms with E-state index in [4.69, 9.17) is 10.5 Å². The normalized spacial score (nSPS) is 10.4. The van der Waals surface area contributed by atoms with Crippen molar-refractivity contribution in [3.8, 4) is 11.4 Å². The van der Waals surface area contributed by atoms with Crippen molar-refractivity contribution in [2.45, 2.75) is 6.92 Å². The molecule has 84 valence electrons. The standard InChI is InChI=1S/C11H12FN3O/c1-7-6-15(14-11(7)13)8-3-4-10(16-2)9(12)5-8/h3-6H,1-2H3,(H2,13,14). The van der Waals surface area contributed by atoms with Crippen molar-refractivity contribution < 1.29 is 9.13 Å². The fraction of sp³-hybridized carbons (Fsp3) is 0.182. The van der Waals surface area contributed by atoms with E-state index in [1.54, 1.807) is 18.3 Å². The zero-order valence-corrected chi connectivity index (χ0v) is 9.07. The van der Waals surface area contributed by atoms with E-state index in [2.05, 4.69) is 5.10 Å².